The summed E-state index contributed by atoms with van der Waals surface area (Å²) in [6, 6.07) is 0. The first-order chi connectivity index (χ1) is 6.09. The van der Waals surface area contributed by atoms with Crippen LogP contribution in [-0.4, -0.2) is 54.7 Å². The van der Waals surface area contributed by atoms with Crippen LogP contribution in [0.1, 0.15) is 12.8 Å². The fourth-order valence-corrected chi connectivity index (χ4v) is 1.90. The van der Waals surface area contributed by atoms with E-state index >= 15 is 0 Å². The molecular weight excluding hydrogens is 168 g/mol. The smallest absolute Gasteiger partial charge is 0.407 e. The molecule has 0 aliphatic carbocycles. The van der Waals surface area contributed by atoms with Crippen LogP contribution in [-0.2, 0) is 0 Å². The lowest BCUT2D eigenvalue weighted by Gasteiger charge is -2.32. The van der Waals surface area contributed by atoms with Crippen LogP contribution in [0.5, 0.6) is 0 Å². The molecule has 0 saturated carbocycles. The molecule has 0 bridgehead atoms. The van der Waals surface area contributed by atoms with Gasteiger partial charge in [0.2, 0.25) is 0 Å². The molecule has 1 N–H and O–H groups in total. The van der Waals surface area contributed by atoms with E-state index in [2.05, 4.69) is 4.90 Å². The van der Waals surface area contributed by atoms with Crippen molar-refractivity contribution in [3.8, 4) is 0 Å². The average molecular weight is 186 g/mol. The number of hydrogen-bond acceptors (Lipinski definition) is 2. The lowest BCUT2D eigenvalue weighted by molar-refractivity contribution is 0.113. The largest absolute Gasteiger partial charge is 0.465 e. The first-order valence-corrected chi connectivity index (χ1v) is 4.72. The minimum Gasteiger partial charge on any atom is -0.465 e. The second-order valence-electron chi connectivity index (χ2n) is 4.00. The monoisotopic (exact) mass is 186 g/mol. The molecule has 0 aromatic carbocycles. The summed E-state index contributed by atoms with van der Waals surface area (Å²) in [7, 11) is 4.05. The van der Waals surface area contributed by atoms with Gasteiger partial charge < -0.3 is 14.9 Å². The molecule has 1 aliphatic heterocycles. The van der Waals surface area contributed by atoms with Gasteiger partial charge in [0.05, 0.1) is 0 Å². The van der Waals surface area contributed by atoms with Crippen LogP contribution in [0.25, 0.3) is 0 Å². The molecule has 0 aromatic rings. The molecule has 1 atom stereocenters. The van der Waals surface area contributed by atoms with Crippen LogP contribution < -0.4 is 0 Å². The second-order valence-corrected chi connectivity index (χ2v) is 4.00. The Balaban J connectivity index is 2.37. The van der Waals surface area contributed by atoms with Gasteiger partial charge in [0.25, 0.3) is 0 Å². The van der Waals surface area contributed by atoms with Gasteiger partial charge in [0.1, 0.15) is 0 Å². The summed E-state index contributed by atoms with van der Waals surface area (Å²) in [5.74, 6) is 0.514. The van der Waals surface area contributed by atoms with Crippen LogP contribution in [0.3, 0.4) is 0 Å². The molecule has 0 radical (unpaired) electrons. The van der Waals surface area contributed by atoms with E-state index in [9.17, 15) is 4.79 Å². The Bertz CT molecular complexity index is 182. The third-order valence-corrected chi connectivity index (χ3v) is 2.41. The minimum absolute atomic E-state index is 0.514. The maximum Gasteiger partial charge on any atom is 0.407 e. The average Bonchev–Trinajstić information content (AvgIpc) is 2.03. The molecule has 1 fully saturated rings. The molecule has 1 aliphatic rings. The quantitative estimate of drug-likeness (QED) is 0.698. The summed E-state index contributed by atoms with van der Waals surface area (Å²) < 4.78 is 0. The predicted octanol–water partition coefficient (Wildman–Crippen LogP) is 0.938. The molecular formula is C9H18N2O2. The number of piperidine rings is 1. The van der Waals surface area contributed by atoms with Gasteiger partial charge in [-0.1, -0.05) is 0 Å². The normalized spacial score (nSPS) is 23.6. The Morgan fingerprint density at radius 1 is 1.62 bits per heavy atom. The first-order valence-electron chi connectivity index (χ1n) is 4.72. The highest BCUT2D eigenvalue weighted by Crippen LogP contribution is 2.16. The summed E-state index contributed by atoms with van der Waals surface area (Å²) in [4.78, 5) is 14.3. The van der Waals surface area contributed by atoms with E-state index in [4.69, 9.17) is 5.11 Å². The molecule has 1 amide bonds. The lowest BCUT2D eigenvalue weighted by atomic mass is 9.98. The van der Waals surface area contributed by atoms with Gasteiger partial charge in [0.15, 0.2) is 0 Å². The number of carboxylic acid groups (broad SMARTS) is 1. The zero-order valence-corrected chi connectivity index (χ0v) is 8.36. The van der Waals surface area contributed by atoms with Crippen LogP contribution in [0.4, 0.5) is 4.79 Å². The van der Waals surface area contributed by atoms with E-state index in [0.717, 1.165) is 19.4 Å². The summed E-state index contributed by atoms with van der Waals surface area (Å²) in [6.07, 6.45) is 1.38. The standard InChI is InChI=1S/C9H18N2O2/c1-10(2)6-8-4-3-5-11(7-8)9(12)13/h8H,3-7H2,1-2H3,(H,12,13). The van der Waals surface area contributed by atoms with E-state index in [0.29, 0.717) is 19.0 Å². The molecule has 13 heavy (non-hydrogen) atoms. The van der Waals surface area contributed by atoms with Crippen molar-refractivity contribution in [1.82, 2.24) is 9.80 Å². The highest BCUT2D eigenvalue weighted by molar-refractivity contribution is 5.65. The number of nitrogens with zero attached hydrogens (tertiary/aromatic N) is 2. The Labute approximate surface area is 79.1 Å². The molecule has 4 heteroatoms. The van der Waals surface area contributed by atoms with Gasteiger partial charge in [-0.2, -0.15) is 0 Å². The number of carbonyl (C=O) groups is 1. The fraction of sp³-hybridized carbons (Fsp3) is 0.889. The van der Waals surface area contributed by atoms with Crippen molar-refractivity contribution in [2.75, 3.05) is 33.7 Å². The summed E-state index contributed by atoms with van der Waals surface area (Å²) in [6.45, 7) is 2.40. The van der Waals surface area contributed by atoms with Crippen molar-refractivity contribution >= 4 is 6.09 Å². The predicted molar refractivity (Wildman–Crippen MR) is 50.9 cm³/mol. The Kier molecular flexibility index (Phi) is 3.54. The third-order valence-electron chi connectivity index (χ3n) is 2.41. The number of hydrogen-bond donors (Lipinski definition) is 1. The van der Waals surface area contributed by atoms with Crippen molar-refractivity contribution < 1.29 is 9.90 Å². The molecule has 1 heterocycles. The van der Waals surface area contributed by atoms with Crippen LogP contribution in [0, 0.1) is 5.92 Å². The van der Waals surface area contributed by atoms with Crippen molar-refractivity contribution in [2.45, 2.75) is 12.8 Å². The minimum atomic E-state index is -0.775. The Morgan fingerprint density at radius 2 is 2.31 bits per heavy atom. The van der Waals surface area contributed by atoms with Gasteiger partial charge >= 0.3 is 6.09 Å². The van der Waals surface area contributed by atoms with E-state index in [1.807, 2.05) is 14.1 Å². The van der Waals surface area contributed by atoms with E-state index in [1.165, 1.54) is 4.90 Å². The Morgan fingerprint density at radius 3 is 2.85 bits per heavy atom. The maximum atomic E-state index is 10.7. The van der Waals surface area contributed by atoms with Crippen molar-refractivity contribution in [1.29, 1.82) is 0 Å². The molecule has 0 aromatic heterocycles. The van der Waals surface area contributed by atoms with Gasteiger partial charge in [-0.05, 0) is 32.9 Å². The van der Waals surface area contributed by atoms with Crippen LogP contribution >= 0.6 is 0 Å². The third kappa shape index (κ3) is 3.22. The van der Waals surface area contributed by atoms with E-state index < -0.39 is 6.09 Å². The van der Waals surface area contributed by atoms with Gasteiger partial charge in [-0.25, -0.2) is 4.79 Å². The highest BCUT2D eigenvalue weighted by atomic mass is 16.4. The number of amides is 1. The van der Waals surface area contributed by atoms with Crippen molar-refractivity contribution in [3.63, 3.8) is 0 Å². The number of rotatable bonds is 2. The zero-order valence-electron chi connectivity index (χ0n) is 8.36. The van der Waals surface area contributed by atoms with Gasteiger partial charge in [-0.15, -0.1) is 0 Å². The molecule has 4 nitrogen and oxygen atoms in total. The van der Waals surface area contributed by atoms with Gasteiger partial charge in [0, 0.05) is 19.6 Å². The van der Waals surface area contributed by atoms with Crippen molar-refractivity contribution in [3.05, 3.63) is 0 Å². The number of likely N-dealkylation sites (tertiary alicyclic amines) is 1. The van der Waals surface area contributed by atoms with Gasteiger partial charge in [-0.3, -0.25) is 0 Å². The van der Waals surface area contributed by atoms with Crippen LogP contribution in [0.15, 0.2) is 0 Å². The summed E-state index contributed by atoms with van der Waals surface area (Å²) >= 11 is 0. The SMILES string of the molecule is CN(C)CC1CCCN(C(=O)O)C1. The second kappa shape index (κ2) is 4.46. The molecule has 1 saturated heterocycles. The molecule has 76 valence electrons. The zero-order chi connectivity index (χ0) is 9.84. The summed E-state index contributed by atoms with van der Waals surface area (Å²) in [5.41, 5.74) is 0. The summed E-state index contributed by atoms with van der Waals surface area (Å²) in [5, 5.41) is 8.80. The molecule has 0 spiro atoms. The van der Waals surface area contributed by atoms with E-state index in [1.54, 1.807) is 0 Å². The highest BCUT2D eigenvalue weighted by Gasteiger charge is 2.23. The van der Waals surface area contributed by atoms with Crippen LogP contribution in [0.2, 0.25) is 0 Å². The molecule has 1 unspecified atom stereocenters. The topological polar surface area (TPSA) is 43.8 Å². The van der Waals surface area contributed by atoms with Crippen molar-refractivity contribution in [2.24, 2.45) is 5.92 Å². The molecule has 1 rings (SSSR count). The Hall–Kier alpha value is -0.770. The fourth-order valence-electron chi connectivity index (χ4n) is 1.90. The van der Waals surface area contributed by atoms with E-state index in [-0.39, 0.29) is 0 Å². The first kappa shape index (κ1) is 10.3. The lowest BCUT2D eigenvalue weighted by Crippen LogP contribution is -2.41. The maximum absolute atomic E-state index is 10.7.